The summed E-state index contributed by atoms with van der Waals surface area (Å²) in [4.78, 5) is 14.9. The van der Waals surface area contributed by atoms with E-state index in [9.17, 15) is 9.90 Å². The lowest BCUT2D eigenvalue weighted by Gasteiger charge is -1.98. The number of carbonyl (C=O) groups excluding carboxylic acids is 1. The van der Waals surface area contributed by atoms with Gasteiger partial charge in [-0.1, -0.05) is 22.0 Å². The third kappa shape index (κ3) is 3.30. The number of hydrogen-bond acceptors (Lipinski definition) is 3. The van der Waals surface area contributed by atoms with Crippen molar-refractivity contribution in [3.8, 4) is 5.88 Å². The molecule has 0 saturated heterocycles. The highest BCUT2D eigenvalue weighted by atomic mass is 127. The molecular weight excluding hydrogens is 473 g/mol. The van der Waals surface area contributed by atoms with Crippen LogP contribution in [0.15, 0.2) is 51.1 Å². The van der Waals surface area contributed by atoms with Crippen molar-refractivity contribution in [3.05, 3.63) is 55.6 Å². The van der Waals surface area contributed by atoms with Gasteiger partial charge in [-0.2, -0.15) is 0 Å². The van der Waals surface area contributed by atoms with Crippen molar-refractivity contribution >= 4 is 61.0 Å². The van der Waals surface area contributed by atoms with Crippen LogP contribution >= 0.6 is 38.5 Å². The molecule has 0 spiro atoms. The fourth-order valence-corrected chi connectivity index (χ4v) is 3.06. The Morgan fingerprint density at radius 2 is 2.09 bits per heavy atom. The number of rotatable bonds is 2. The van der Waals surface area contributed by atoms with Gasteiger partial charge in [0.05, 0.1) is 5.52 Å². The molecule has 2 aromatic carbocycles. The van der Waals surface area contributed by atoms with Gasteiger partial charge in [0.1, 0.15) is 0 Å². The number of amides is 1. The van der Waals surface area contributed by atoms with Crippen LogP contribution in [0.25, 0.3) is 10.9 Å². The van der Waals surface area contributed by atoms with Gasteiger partial charge < -0.3 is 10.1 Å². The number of carbonyl (C=O) groups is 1. The molecule has 3 rings (SSSR count). The molecule has 5 nitrogen and oxygen atoms in total. The van der Waals surface area contributed by atoms with Gasteiger partial charge in [-0.05, 0) is 65.4 Å². The summed E-state index contributed by atoms with van der Waals surface area (Å²) in [7, 11) is 0. The third-order valence-corrected chi connectivity index (χ3v) is 4.87. The molecule has 2 N–H and O–H groups in total. The fraction of sp³-hybridized carbons (Fsp3) is 0.0625. The number of hydrogen-bond donors (Lipinski definition) is 2. The Kier molecular flexibility index (Phi) is 4.49. The first-order valence-electron chi connectivity index (χ1n) is 6.68. The van der Waals surface area contributed by atoms with Crippen molar-refractivity contribution in [3.63, 3.8) is 0 Å². The Morgan fingerprint density at radius 1 is 1.30 bits per heavy atom. The van der Waals surface area contributed by atoms with E-state index in [4.69, 9.17) is 0 Å². The Morgan fingerprint density at radius 3 is 2.83 bits per heavy atom. The van der Waals surface area contributed by atoms with E-state index in [1.807, 2.05) is 25.1 Å². The maximum atomic E-state index is 12.1. The monoisotopic (exact) mass is 483 g/mol. The van der Waals surface area contributed by atoms with E-state index < -0.39 is 5.91 Å². The van der Waals surface area contributed by atoms with Crippen LogP contribution in [0.3, 0.4) is 0 Å². The van der Waals surface area contributed by atoms with Crippen LogP contribution in [-0.2, 0) is 0 Å². The average molecular weight is 484 g/mol. The normalized spacial score (nSPS) is 11.4. The summed E-state index contributed by atoms with van der Waals surface area (Å²) in [6.07, 6.45) is 0. The molecule has 116 valence electrons. The minimum Gasteiger partial charge on any atom is -0.493 e. The highest BCUT2D eigenvalue weighted by Gasteiger charge is 2.13. The first-order chi connectivity index (χ1) is 11.0. The van der Waals surface area contributed by atoms with Crippen molar-refractivity contribution in [1.29, 1.82) is 0 Å². The van der Waals surface area contributed by atoms with Crippen LogP contribution in [0.1, 0.15) is 15.9 Å². The standard InChI is InChI=1S/C16H11BrIN3O2/c1-8-5-11-13(7-12(8)17)19-16(23)14(11)20-21-15(22)9-3-2-4-10(18)6-9/h2-7,19,23H,1H3. The number of aryl methyl sites for hydroxylation is 1. The zero-order chi connectivity index (χ0) is 16.6. The number of H-pyrrole nitrogens is 1. The second-order valence-electron chi connectivity index (χ2n) is 4.98. The van der Waals surface area contributed by atoms with E-state index in [1.54, 1.807) is 18.2 Å². The SMILES string of the molecule is Cc1cc2c(N=NC(=O)c3cccc(I)c3)c(O)[nH]c2cc1Br. The maximum absolute atomic E-state index is 12.1. The molecule has 0 bridgehead atoms. The van der Waals surface area contributed by atoms with Gasteiger partial charge in [-0.25, -0.2) is 0 Å². The predicted octanol–water partition coefficient (Wildman–Crippen LogP) is 5.47. The van der Waals surface area contributed by atoms with Crippen LogP contribution in [0, 0.1) is 10.5 Å². The van der Waals surface area contributed by atoms with E-state index in [0.29, 0.717) is 10.9 Å². The lowest BCUT2D eigenvalue weighted by atomic mass is 10.1. The lowest BCUT2D eigenvalue weighted by molar-refractivity contribution is 0.0995. The number of azo groups is 1. The summed E-state index contributed by atoms with van der Waals surface area (Å²) in [5.74, 6) is -0.567. The van der Waals surface area contributed by atoms with Gasteiger partial charge in [0, 0.05) is 19.0 Å². The van der Waals surface area contributed by atoms with Crippen molar-refractivity contribution in [2.45, 2.75) is 6.92 Å². The summed E-state index contributed by atoms with van der Waals surface area (Å²) in [6.45, 7) is 1.94. The number of nitrogens with one attached hydrogen (secondary N) is 1. The first-order valence-corrected chi connectivity index (χ1v) is 8.55. The van der Waals surface area contributed by atoms with Crippen LogP contribution in [0.5, 0.6) is 5.88 Å². The maximum Gasteiger partial charge on any atom is 0.295 e. The molecule has 3 aromatic rings. The Balaban J connectivity index is 1.99. The van der Waals surface area contributed by atoms with Gasteiger partial charge in [-0.3, -0.25) is 4.79 Å². The Hall–Kier alpha value is -1.74. The summed E-state index contributed by atoms with van der Waals surface area (Å²) in [6, 6.07) is 10.8. The summed E-state index contributed by atoms with van der Waals surface area (Å²) in [5, 5.41) is 18.4. The molecule has 0 fully saturated rings. The molecule has 0 unspecified atom stereocenters. The smallest absolute Gasteiger partial charge is 0.295 e. The van der Waals surface area contributed by atoms with E-state index in [1.165, 1.54) is 0 Å². The number of benzene rings is 2. The van der Waals surface area contributed by atoms with Gasteiger partial charge in [0.2, 0.25) is 5.88 Å². The average Bonchev–Trinajstić information content (AvgIpc) is 2.80. The second-order valence-corrected chi connectivity index (χ2v) is 7.08. The van der Waals surface area contributed by atoms with Crippen LogP contribution in [0.2, 0.25) is 0 Å². The third-order valence-electron chi connectivity index (χ3n) is 3.34. The number of aromatic amines is 1. The van der Waals surface area contributed by atoms with Crippen molar-refractivity contribution in [2.75, 3.05) is 0 Å². The van der Waals surface area contributed by atoms with E-state index in [-0.39, 0.29) is 11.6 Å². The van der Waals surface area contributed by atoms with E-state index in [2.05, 4.69) is 53.7 Å². The number of fused-ring (bicyclic) bond motifs is 1. The first kappa shape index (κ1) is 16.1. The zero-order valence-electron chi connectivity index (χ0n) is 12.0. The molecule has 0 atom stereocenters. The minimum atomic E-state index is -0.453. The van der Waals surface area contributed by atoms with E-state index >= 15 is 0 Å². The second kappa shape index (κ2) is 6.40. The van der Waals surface area contributed by atoms with Crippen LogP contribution in [-0.4, -0.2) is 16.0 Å². The summed E-state index contributed by atoms with van der Waals surface area (Å²) < 4.78 is 1.86. The summed E-state index contributed by atoms with van der Waals surface area (Å²) in [5.41, 5.74) is 2.43. The van der Waals surface area contributed by atoms with Gasteiger partial charge in [0.15, 0.2) is 5.69 Å². The van der Waals surface area contributed by atoms with Gasteiger partial charge >= 0.3 is 0 Å². The highest BCUT2D eigenvalue weighted by Crippen LogP contribution is 2.37. The predicted molar refractivity (Wildman–Crippen MR) is 100 cm³/mol. The van der Waals surface area contributed by atoms with Crippen molar-refractivity contribution in [1.82, 2.24) is 4.98 Å². The molecular formula is C16H11BrIN3O2. The number of aromatic nitrogens is 1. The molecule has 0 aliphatic heterocycles. The minimum absolute atomic E-state index is 0.114. The zero-order valence-corrected chi connectivity index (χ0v) is 15.7. The largest absolute Gasteiger partial charge is 0.493 e. The van der Waals surface area contributed by atoms with E-state index in [0.717, 1.165) is 19.1 Å². The Labute approximate surface area is 154 Å². The highest BCUT2D eigenvalue weighted by molar-refractivity contribution is 14.1. The number of halogens is 2. The van der Waals surface area contributed by atoms with Gasteiger partial charge in [-0.15, -0.1) is 10.2 Å². The summed E-state index contributed by atoms with van der Waals surface area (Å²) >= 11 is 5.57. The quantitative estimate of drug-likeness (QED) is 0.374. The van der Waals surface area contributed by atoms with Crippen LogP contribution < -0.4 is 0 Å². The number of aromatic hydroxyl groups is 1. The molecule has 1 amide bonds. The molecule has 0 aliphatic rings. The molecule has 0 saturated carbocycles. The topological polar surface area (TPSA) is 77.8 Å². The lowest BCUT2D eigenvalue weighted by Crippen LogP contribution is -1.93. The Bertz CT molecular complexity index is 950. The van der Waals surface area contributed by atoms with Crippen molar-refractivity contribution < 1.29 is 9.90 Å². The molecule has 0 aliphatic carbocycles. The van der Waals surface area contributed by atoms with Crippen LogP contribution in [0.4, 0.5) is 5.69 Å². The van der Waals surface area contributed by atoms with Gasteiger partial charge in [0.25, 0.3) is 5.91 Å². The molecule has 0 radical (unpaired) electrons. The number of nitrogens with zero attached hydrogens (tertiary/aromatic N) is 2. The fourth-order valence-electron chi connectivity index (χ4n) is 2.17. The molecule has 1 aromatic heterocycles. The molecule has 23 heavy (non-hydrogen) atoms. The molecule has 1 heterocycles. The van der Waals surface area contributed by atoms with Crippen molar-refractivity contribution in [2.24, 2.45) is 10.2 Å². The molecule has 7 heteroatoms.